The quantitative estimate of drug-likeness (QED) is 0.459. The van der Waals surface area contributed by atoms with E-state index >= 15 is 0 Å². The number of hydrogen-bond acceptors (Lipinski definition) is 8. The Morgan fingerprint density at radius 1 is 0.943 bits per heavy atom. The van der Waals surface area contributed by atoms with Crippen molar-refractivity contribution in [3.63, 3.8) is 0 Å². The number of pyridine rings is 1. The molecule has 4 aromatic rings. The lowest BCUT2D eigenvalue weighted by Gasteiger charge is -2.35. The number of nitrogens with one attached hydrogen (secondary N) is 1. The second-order valence-corrected chi connectivity index (χ2v) is 8.17. The van der Waals surface area contributed by atoms with Gasteiger partial charge in [-0.2, -0.15) is 5.10 Å². The summed E-state index contributed by atoms with van der Waals surface area (Å²) in [7, 11) is 3.43. The first kappa shape index (κ1) is 22.3. The molecule has 10 heteroatoms. The number of piperazine rings is 1. The highest BCUT2D eigenvalue weighted by molar-refractivity contribution is 5.94. The molecule has 4 heterocycles. The van der Waals surface area contributed by atoms with Crippen molar-refractivity contribution in [2.75, 3.05) is 43.5 Å². The van der Waals surface area contributed by atoms with Gasteiger partial charge in [0.2, 0.25) is 0 Å². The van der Waals surface area contributed by atoms with Crippen LogP contribution in [0.2, 0.25) is 0 Å². The highest BCUT2D eigenvalue weighted by Crippen LogP contribution is 2.24. The van der Waals surface area contributed by atoms with Gasteiger partial charge in [-0.15, -0.1) is 10.2 Å². The largest absolute Gasteiger partial charge is 0.497 e. The smallest absolute Gasteiger partial charge is 0.272 e. The van der Waals surface area contributed by atoms with Crippen molar-refractivity contribution in [3.8, 4) is 17.0 Å². The summed E-state index contributed by atoms with van der Waals surface area (Å²) in [6.07, 6.45) is 1.72. The Hall–Kier alpha value is -4.47. The molecular weight excluding hydrogens is 444 g/mol. The molecule has 0 unspecified atom stereocenters. The van der Waals surface area contributed by atoms with E-state index in [0.717, 1.165) is 22.8 Å². The van der Waals surface area contributed by atoms with E-state index in [0.29, 0.717) is 43.5 Å². The maximum absolute atomic E-state index is 13.2. The Bertz CT molecular complexity index is 1300. The predicted octanol–water partition coefficient (Wildman–Crippen LogP) is 2.99. The number of ether oxygens (including phenoxy) is 1. The highest BCUT2D eigenvalue weighted by atomic mass is 16.5. The average molecular weight is 471 g/mol. The molecule has 1 N–H and O–H groups in total. The molecule has 35 heavy (non-hydrogen) atoms. The highest BCUT2D eigenvalue weighted by Gasteiger charge is 2.25. The number of benzene rings is 1. The lowest BCUT2D eigenvalue weighted by Crippen LogP contribution is -2.49. The summed E-state index contributed by atoms with van der Waals surface area (Å²) in [6.45, 7) is 2.53. The van der Waals surface area contributed by atoms with E-state index in [-0.39, 0.29) is 5.91 Å². The fourth-order valence-electron chi connectivity index (χ4n) is 4.02. The minimum absolute atomic E-state index is 0.0326. The summed E-state index contributed by atoms with van der Waals surface area (Å²) in [5.74, 6) is 2.84. The molecule has 1 saturated heterocycles. The third-order valence-electron chi connectivity index (χ3n) is 5.93. The number of nitrogens with zero attached hydrogens (tertiary/aromatic N) is 7. The van der Waals surface area contributed by atoms with E-state index in [1.807, 2.05) is 65.6 Å². The number of carbonyl (C=O) groups is 1. The standard InChI is InChI=1S/C25H26N8O2/c1-31-21(17-20(30-31)18-6-5-7-19(16-18)35-2)25(34)33-14-12-32(13-15-33)24-10-9-23(28-29-24)27-22-8-3-4-11-26-22/h3-11,16-17H,12-15H2,1-2H3,(H,26,27,28). The van der Waals surface area contributed by atoms with Crippen LogP contribution in [0, 0.1) is 0 Å². The van der Waals surface area contributed by atoms with Crippen molar-refractivity contribution in [3.05, 3.63) is 72.6 Å². The molecule has 0 radical (unpaired) electrons. The second kappa shape index (κ2) is 9.80. The molecule has 178 valence electrons. The van der Waals surface area contributed by atoms with Crippen LogP contribution in [0.15, 0.2) is 66.9 Å². The van der Waals surface area contributed by atoms with Crippen molar-refractivity contribution in [1.82, 2.24) is 29.9 Å². The fraction of sp³-hybridized carbons (Fsp3) is 0.240. The van der Waals surface area contributed by atoms with Gasteiger partial charge in [0, 0.05) is 45.0 Å². The third-order valence-corrected chi connectivity index (χ3v) is 5.93. The number of aromatic nitrogens is 5. The maximum atomic E-state index is 13.2. The number of aryl methyl sites for hydroxylation is 1. The Kier molecular flexibility index (Phi) is 6.25. The van der Waals surface area contributed by atoms with Crippen LogP contribution >= 0.6 is 0 Å². The van der Waals surface area contributed by atoms with E-state index in [1.165, 1.54) is 0 Å². The molecule has 1 fully saturated rings. The Labute approximate surface area is 203 Å². The molecule has 3 aromatic heterocycles. The van der Waals surface area contributed by atoms with Gasteiger partial charge in [0.05, 0.1) is 12.8 Å². The second-order valence-electron chi connectivity index (χ2n) is 8.17. The van der Waals surface area contributed by atoms with Crippen LogP contribution in [0.4, 0.5) is 17.5 Å². The van der Waals surface area contributed by atoms with E-state index < -0.39 is 0 Å². The predicted molar refractivity (Wildman–Crippen MR) is 133 cm³/mol. The van der Waals surface area contributed by atoms with Crippen LogP contribution in [0.3, 0.4) is 0 Å². The van der Waals surface area contributed by atoms with Gasteiger partial charge < -0.3 is 19.9 Å². The molecule has 10 nitrogen and oxygen atoms in total. The van der Waals surface area contributed by atoms with E-state index in [1.54, 1.807) is 25.0 Å². The van der Waals surface area contributed by atoms with Gasteiger partial charge in [-0.25, -0.2) is 4.98 Å². The molecule has 0 atom stereocenters. The molecule has 1 amide bonds. The maximum Gasteiger partial charge on any atom is 0.272 e. The van der Waals surface area contributed by atoms with E-state index in [2.05, 4.69) is 30.5 Å². The summed E-state index contributed by atoms with van der Waals surface area (Å²) >= 11 is 0. The first-order valence-electron chi connectivity index (χ1n) is 11.4. The summed E-state index contributed by atoms with van der Waals surface area (Å²) in [6, 6.07) is 18.9. The van der Waals surface area contributed by atoms with Crippen LogP contribution in [0.1, 0.15) is 10.5 Å². The van der Waals surface area contributed by atoms with Gasteiger partial charge in [-0.05, 0) is 42.5 Å². The van der Waals surface area contributed by atoms with Crippen LogP contribution in [-0.4, -0.2) is 69.1 Å². The van der Waals surface area contributed by atoms with Crippen molar-refractivity contribution < 1.29 is 9.53 Å². The number of amides is 1. The molecule has 0 bridgehead atoms. The zero-order valence-electron chi connectivity index (χ0n) is 19.6. The van der Waals surface area contributed by atoms with Crippen LogP contribution in [0.25, 0.3) is 11.3 Å². The minimum Gasteiger partial charge on any atom is -0.497 e. The van der Waals surface area contributed by atoms with E-state index in [9.17, 15) is 4.79 Å². The zero-order valence-corrected chi connectivity index (χ0v) is 19.6. The minimum atomic E-state index is -0.0326. The van der Waals surface area contributed by atoms with Crippen molar-refractivity contribution in [2.24, 2.45) is 7.05 Å². The van der Waals surface area contributed by atoms with Crippen LogP contribution < -0.4 is 15.0 Å². The first-order chi connectivity index (χ1) is 17.1. The topological polar surface area (TPSA) is 101 Å². The number of hydrogen-bond donors (Lipinski definition) is 1. The molecule has 1 aromatic carbocycles. The van der Waals surface area contributed by atoms with Crippen molar-refractivity contribution in [2.45, 2.75) is 0 Å². The van der Waals surface area contributed by atoms with Crippen molar-refractivity contribution >= 4 is 23.4 Å². The van der Waals surface area contributed by atoms with Gasteiger partial charge in [-0.1, -0.05) is 18.2 Å². The lowest BCUT2D eigenvalue weighted by molar-refractivity contribution is 0.0735. The number of carbonyl (C=O) groups excluding carboxylic acids is 1. The summed E-state index contributed by atoms with van der Waals surface area (Å²) in [5.41, 5.74) is 2.20. The fourth-order valence-corrected chi connectivity index (χ4v) is 4.02. The zero-order chi connectivity index (χ0) is 24.2. The van der Waals surface area contributed by atoms with Crippen LogP contribution in [0.5, 0.6) is 5.75 Å². The Balaban J connectivity index is 1.21. The monoisotopic (exact) mass is 470 g/mol. The number of rotatable bonds is 6. The molecule has 1 aliphatic rings. The molecule has 1 aliphatic heterocycles. The first-order valence-corrected chi connectivity index (χ1v) is 11.4. The summed E-state index contributed by atoms with van der Waals surface area (Å²) < 4.78 is 6.95. The van der Waals surface area contributed by atoms with Crippen LogP contribution in [-0.2, 0) is 7.05 Å². The van der Waals surface area contributed by atoms with Gasteiger partial charge in [0.15, 0.2) is 11.6 Å². The molecule has 5 rings (SSSR count). The Morgan fingerprint density at radius 2 is 1.80 bits per heavy atom. The molecular formula is C25H26N8O2. The molecule has 0 saturated carbocycles. The number of anilines is 3. The third kappa shape index (κ3) is 4.91. The van der Waals surface area contributed by atoms with Gasteiger partial charge in [0.1, 0.15) is 17.3 Å². The normalized spacial score (nSPS) is 13.5. The molecule has 0 aliphatic carbocycles. The molecule has 0 spiro atoms. The Morgan fingerprint density at radius 3 is 2.51 bits per heavy atom. The lowest BCUT2D eigenvalue weighted by atomic mass is 10.1. The van der Waals surface area contributed by atoms with Crippen molar-refractivity contribution in [1.29, 1.82) is 0 Å². The summed E-state index contributed by atoms with van der Waals surface area (Å²) in [5, 5.41) is 16.3. The SMILES string of the molecule is COc1cccc(-c2cc(C(=O)N3CCN(c4ccc(Nc5ccccn5)nn4)CC3)n(C)n2)c1. The van der Waals surface area contributed by atoms with Gasteiger partial charge in [0.25, 0.3) is 5.91 Å². The van der Waals surface area contributed by atoms with E-state index in [4.69, 9.17) is 4.74 Å². The van der Waals surface area contributed by atoms with Gasteiger partial charge in [-0.3, -0.25) is 9.48 Å². The number of methoxy groups -OCH3 is 1. The summed E-state index contributed by atoms with van der Waals surface area (Å²) in [4.78, 5) is 21.4. The van der Waals surface area contributed by atoms with Gasteiger partial charge >= 0.3 is 0 Å². The average Bonchev–Trinajstić information content (AvgIpc) is 3.31.